The molecule has 0 aliphatic heterocycles. The molecule has 0 saturated heterocycles. The fraction of sp³-hybridized carbons (Fsp3) is 0.294. The Morgan fingerprint density at radius 1 is 0.900 bits per heavy atom. The summed E-state index contributed by atoms with van der Waals surface area (Å²) < 4.78 is 10.6. The lowest BCUT2D eigenvalue weighted by Crippen LogP contribution is -2.01. The third-order valence-electron chi connectivity index (χ3n) is 3.28. The van der Waals surface area contributed by atoms with E-state index in [1.807, 2.05) is 18.2 Å². The normalized spacial score (nSPS) is 10.2. The van der Waals surface area contributed by atoms with E-state index in [9.17, 15) is 0 Å². The van der Waals surface area contributed by atoms with Crippen molar-refractivity contribution < 1.29 is 9.47 Å². The number of anilines is 1. The molecule has 3 heteroatoms. The van der Waals surface area contributed by atoms with Gasteiger partial charge in [0.25, 0.3) is 0 Å². The number of nitrogens with one attached hydrogen (secondary N) is 1. The van der Waals surface area contributed by atoms with E-state index in [-0.39, 0.29) is 0 Å². The van der Waals surface area contributed by atoms with E-state index in [0.717, 1.165) is 35.7 Å². The molecule has 3 nitrogen and oxygen atoms in total. The van der Waals surface area contributed by atoms with E-state index in [1.165, 1.54) is 5.56 Å². The minimum absolute atomic E-state index is 0.754. The zero-order chi connectivity index (χ0) is 14.4. The van der Waals surface area contributed by atoms with Crippen LogP contribution in [0.1, 0.15) is 18.1 Å². The zero-order valence-electron chi connectivity index (χ0n) is 12.3. The zero-order valence-corrected chi connectivity index (χ0v) is 12.3. The van der Waals surface area contributed by atoms with Crippen LogP contribution in [0.5, 0.6) is 11.5 Å². The molecule has 0 fully saturated rings. The molecular formula is C17H21NO2. The third kappa shape index (κ3) is 3.44. The van der Waals surface area contributed by atoms with Crippen LogP contribution >= 0.6 is 0 Å². The maximum atomic E-state index is 5.31. The van der Waals surface area contributed by atoms with Gasteiger partial charge in [-0.05, 0) is 41.8 Å². The van der Waals surface area contributed by atoms with Crippen molar-refractivity contribution in [2.75, 3.05) is 19.5 Å². The molecule has 106 valence electrons. The van der Waals surface area contributed by atoms with Gasteiger partial charge in [-0.25, -0.2) is 0 Å². The molecule has 1 N–H and O–H groups in total. The Kier molecular flexibility index (Phi) is 4.88. The molecule has 0 bridgehead atoms. The van der Waals surface area contributed by atoms with Crippen molar-refractivity contribution in [1.82, 2.24) is 0 Å². The molecule has 0 saturated carbocycles. The average Bonchev–Trinajstić information content (AvgIpc) is 2.52. The van der Waals surface area contributed by atoms with Gasteiger partial charge in [-0.2, -0.15) is 0 Å². The molecule has 0 unspecified atom stereocenters. The second kappa shape index (κ2) is 6.85. The summed E-state index contributed by atoms with van der Waals surface area (Å²) in [7, 11) is 3.30. The predicted octanol–water partition coefficient (Wildman–Crippen LogP) is 3.88. The van der Waals surface area contributed by atoms with Crippen LogP contribution in [-0.2, 0) is 13.0 Å². The fourth-order valence-corrected chi connectivity index (χ4v) is 2.10. The first kappa shape index (κ1) is 14.3. The maximum absolute atomic E-state index is 5.31. The minimum Gasteiger partial charge on any atom is -0.493 e. The summed E-state index contributed by atoms with van der Waals surface area (Å²) in [5.41, 5.74) is 3.63. The minimum atomic E-state index is 0.754. The predicted molar refractivity (Wildman–Crippen MR) is 82.7 cm³/mol. The van der Waals surface area contributed by atoms with Gasteiger partial charge in [-0.15, -0.1) is 0 Å². The molecule has 0 spiro atoms. The molecular weight excluding hydrogens is 250 g/mol. The number of aryl methyl sites for hydroxylation is 1. The molecule has 0 aliphatic carbocycles. The highest BCUT2D eigenvalue weighted by atomic mass is 16.5. The Balaban J connectivity index is 2.06. The first-order valence-electron chi connectivity index (χ1n) is 6.80. The smallest absolute Gasteiger partial charge is 0.161 e. The van der Waals surface area contributed by atoms with Crippen LogP contribution in [0.25, 0.3) is 0 Å². The molecule has 0 aromatic heterocycles. The Morgan fingerprint density at radius 3 is 2.40 bits per heavy atom. The van der Waals surface area contributed by atoms with Gasteiger partial charge in [0.15, 0.2) is 11.5 Å². The van der Waals surface area contributed by atoms with E-state index in [1.54, 1.807) is 14.2 Å². The number of hydrogen-bond acceptors (Lipinski definition) is 3. The van der Waals surface area contributed by atoms with Gasteiger partial charge in [0, 0.05) is 12.2 Å². The topological polar surface area (TPSA) is 30.5 Å². The second-order valence-electron chi connectivity index (χ2n) is 4.60. The maximum Gasteiger partial charge on any atom is 0.161 e. The van der Waals surface area contributed by atoms with Gasteiger partial charge in [-0.1, -0.05) is 25.1 Å². The molecule has 2 rings (SSSR count). The lowest BCUT2D eigenvalue weighted by atomic mass is 10.1. The molecule has 0 amide bonds. The Morgan fingerprint density at radius 2 is 1.70 bits per heavy atom. The molecule has 2 aromatic rings. The van der Waals surface area contributed by atoms with Crippen LogP contribution in [0.2, 0.25) is 0 Å². The van der Waals surface area contributed by atoms with Crippen molar-refractivity contribution in [3.05, 3.63) is 53.6 Å². The van der Waals surface area contributed by atoms with E-state index < -0.39 is 0 Å². The summed E-state index contributed by atoms with van der Waals surface area (Å²) in [4.78, 5) is 0. The summed E-state index contributed by atoms with van der Waals surface area (Å²) in [6, 6.07) is 14.4. The lowest BCUT2D eigenvalue weighted by Gasteiger charge is -2.11. The Bertz CT molecular complexity index is 567. The molecule has 0 aliphatic rings. The van der Waals surface area contributed by atoms with Gasteiger partial charge < -0.3 is 14.8 Å². The highest BCUT2D eigenvalue weighted by Gasteiger charge is 2.04. The number of methoxy groups -OCH3 is 2. The van der Waals surface area contributed by atoms with E-state index in [4.69, 9.17) is 9.47 Å². The summed E-state index contributed by atoms with van der Waals surface area (Å²) in [5, 5.41) is 3.43. The first-order chi connectivity index (χ1) is 9.76. The summed E-state index contributed by atoms with van der Waals surface area (Å²) in [6.07, 6.45) is 1.05. The molecule has 20 heavy (non-hydrogen) atoms. The third-order valence-corrected chi connectivity index (χ3v) is 3.28. The summed E-state index contributed by atoms with van der Waals surface area (Å²) in [5.74, 6) is 1.51. The number of rotatable bonds is 6. The van der Waals surface area contributed by atoms with Gasteiger partial charge in [-0.3, -0.25) is 0 Å². The highest BCUT2D eigenvalue weighted by molar-refractivity contribution is 5.48. The van der Waals surface area contributed by atoms with Crippen LogP contribution in [0.4, 0.5) is 5.69 Å². The average molecular weight is 271 g/mol. The SMILES string of the molecule is CCc1cccc(NCc2ccc(OC)c(OC)c2)c1. The second-order valence-corrected chi connectivity index (χ2v) is 4.60. The van der Waals surface area contributed by atoms with Crippen molar-refractivity contribution in [1.29, 1.82) is 0 Å². The first-order valence-corrected chi connectivity index (χ1v) is 6.80. The lowest BCUT2D eigenvalue weighted by molar-refractivity contribution is 0.354. The molecule has 0 atom stereocenters. The van der Waals surface area contributed by atoms with E-state index >= 15 is 0 Å². The molecule has 2 aromatic carbocycles. The van der Waals surface area contributed by atoms with Crippen molar-refractivity contribution >= 4 is 5.69 Å². The Hall–Kier alpha value is -2.16. The van der Waals surface area contributed by atoms with Gasteiger partial charge in [0.2, 0.25) is 0 Å². The van der Waals surface area contributed by atoms with E-state index in [0.29, 0.717) is 0 Å². The van der Waals surface area contributed by atoms with Crippen LogP contribution < -0.4 is 14.8 Å². The van der Waals surface area contributed by atoms with Crippen molar-refractivity contribution in [2.45, 2.75) is 19.9 Å². The number of hydrogen-bond donors (Lipinski definition) is 1. The summed E-state index contributed by atoms with van der Waals surface area (Å²) in [6.45, 7) is 2.92. The van der Waals surface area contributed by atoms with Crippen LogP contribution in [0, 0.1) is 0 Å². The van der Waals surface area contributed by atoms with Gasteiger partial charge in [0.05, 0.1) is 14.2 Å². The van der Waals surface area contributed by atoms with Crippen molar-refractivity contribution in [2.24, 2.45) is 0 Å². The number of ether oxygens (including phenoxy) is 2. The van der Waals surface area contributed by atoms with Crippen molar-refractivity contribution in [3.63, 3.8) is 0 Å². The standard InChI is InChI=1S/C17H21NO2/c1-4-13-6-5-7-15(10-13)18-12-14-8-9-16(19-2)17(11-14)20-3/h5-11,18H,4,12H2,1-3H3. The van der Waals surface area contributed by atoms with Crippen LogP contribution in [-0.4, -0.2) is 14.2 Å². The van der Waals surface area contributed by atoms with E-state index in [2.05, 4.69) is 36.5 Å². The Labute approximate surface area is 120 Å². The summed E-state index contributed by atoms with van der Waals surface area (Å²) >= 11 is 0. The monoisotopic (exact) mass is 271 g/mol. The van der Waals surface area contributed by atoms with Crippen LogP contribution in [0.15, 0.2) is 42.5 Å². The van der Waals surface area contributed by atoms with Crippen molar-refractivity contribution in [3.8, 4) is 11.5 Å². The van der Waals surface area contributed by atoms with Gasteiger partial charge in [0.1, 0.15) is 0 Å². The van der Waals surface area contributed by atoms with Gasteiger partial charge >= 0.3 is 0 Å². The highest BCUT2D eigenvalue weighted by Crippen LogP contribution is 2.27. The molecule has 0 radical (unpaired) electrons. The molecule has 0 heterocycles. The largest absolute Gasteiger partial charge is 0.493 e. The van der Waals surface area contributed by atoms with Crippen LogP contribution in [0.3, 0.4) is 0 Å². The fourth-order valence-electron chi connectivity index (χ4n) is 2.10. The quantitative estimate of drug-likeness (QED) is 0.865. The number of benzene rings is 2.